The zero-order valence-corrected chi connectivity index (χ0v) is 10.7. The number of benzene rings is 1. The van der Waals surface area contributed by atoms with Crippen molar-refractivity contribution in [2.45, 2.75) is 46.1 Å². The van der Waals surface area contributed by atoms with Crippen molar-refractivity contribution in [1.82, 2.24) is 0 Å². The minimum absolute atomic E-state index is 0. The van der Waals surface area contributed by atoms with E-state index in [4.69, 9.17) is 5.73 Å². The average molecular weight is 228 g/mol. The topological polar surface area (TPSA) is 26.0 Å². The maximum atomic E-state index is 6.13. The highest BCUT2D eigenvalue weighted by Gasteiger charge is 2.07. The van der Waals surface area contributed by atoms with Crippen molar-refractivity contribution in [3.05, 3.63) is 34.9 Å². The number of hydrogen-bond acceptors (Lipinski definition) is 1. The lowest BCUT2D eigenvalue weighted by atomic mass is 9.96. The quantitative estimate of drug-likeness (QED) is 0.829. The fourth-order valence-electron chi connectivity index (χ4n) is 1.82. The van der Waals surface area contributed by atoms with E-state index in [1.54, 1.807) is 0 Å². The lowest BCUT2D eigenvalue weighted by molar-refractivity contribution is 0.601. The highest BCUT2D eigenvalue weighted by molar-refractivity contribution is 5.85. The third kappa shape index (κ3) is 4.23. The molecule has 0 aliphatic rings. The molecule has 1 aromatic rings. The molecule has 2 heteroatoms. The third-order valence-electron chi connectivity index (χ3n) is 2.69. The first-order valence-corrected chi connectivity index (χ1v) is 5.48. The standard InChI is InChI=1S/C13H21N.ClH/c1-4-5-6-13(14)12-8-7-10(2)9-11(12)3;/h7-9,13H,4-6,14H2,1-3H3;1H/t13-;/m1./s1. The van der Waals surface area contributed by atoms with Crippen molar-refractivity contribution < 1.29 is 0 Å². The molecule has 0 aliphatic carbocycles. The van der Waals surface area contributed by atoms with Crippen LogP contribution in [0.5, 0.6) is 0 Å². The molecule has 0 saturated carbocycles. The number of nitrogens with two attached hydrogens (primary N) is 1. The molecule has 2 N–H and O–H groups in total. The van der Waals surface area contributed by atoms with Crippen LogP contribution in [-0.2, 0) is 0 Å². The number of aryl methyl sites for hydroxylation is 2. The van der Waals surface area contributed by atoms with Gasteiger partial charge in [0.15, 0.2) is 0 Å². The Morgan fingerprint density at radius 2 is 1.93 bits per heavy atom. The SMILES string of the molecule is CCCC[C@@H](N)c1ccc(C)cc1C.Cl. The van der Waals surface area contributed by atoms with Gasteiger partial charge < -0.3 is 5.73 Å². The Bertz CT molecular complexity index is 297. The molecule has 0 fully saturated rings. The monoisotopic (exact) mass is 227 g/mol. The molecule has 0 saturated heterocycles. The summed E-state index contributed by atoms with van der Waals surface area (Å²) < 4.78 is 0. The zero-order chi connectivity index (χ0) is 10.6. The van der Waals surface area contributed by atoms with Gasteiger partial charge in [-0.1, -0.05) is 43.5 Å². The van der Waals surface area contributed by atoms with Crippen LogP contribution in [0.2, 0.25) is 0 Å². The smallest absolute Gasteiger partial charge is 0.0297 e. The first kappa shape index (κ1) is 14.5. The van der Waals surface area contributed by atoms with Crippen LogP contribution in [0, 0.1) is 13.8 Å². The van der Waals surface area contributed by atoms with Gasteiger partial charge in [0, 0.05) is 6.04 Å². The van der Waals surface area contributed by atoms with E-state index in [2.05, 4.69) is 39.0 Å². The summed E-state index contributed by atoms with van der Waals surface area (Å²) in [7, 11) is 0. The Balaban J connectivity index is 0.00000196. The Morgan fingerprint density at radius 1 is 1.27 bits per heavy atom. The molecule has 0 heterocycles. The van der Waals surface area contributed by atoms with E-state index < -0.39 is 0 Å². The van der Waals surface area contributed by atoms with Crippen molar-refractivity contribution in [3.63, 3.8) is 0 Å². The van der Waals surface area contributed by atoms with Gasteiger partial charge in [0.05, 0.1) is 0 Å². The summed E-state index contributed by atoms with van der Waals surface area (Å²) in [5.41, 5.74) is 10.1. The molecule has 1 rings (SSSR count). The molecule has 1 atom stereocenters. The Morgan fingerprint density at radius 3 is 2.47 bits per heavy atom. The van der Waals surface area contributed by atoms with Gasteiger partial charge in [0.25, 0.3) is 0 Å². The molecule has 0 amide bonds. The van der Waals surface area contributed by atoms with Crippen LogP contribution in [0.1, 0.15) is 48.9 Å². The molecule has 86 valence electrons. The summed E-state index contributed by atoms with van der Waals surface area (Å²) in [6.45, 7) is 6.47. The number of halogens is 1. The molecule has 0 spiro atoms. The van der Waals surface area contributed by atoms with Crippen LogP contribution < -0.4 is 5.73 Å². The lowest BCUT2D eigenvalue weighted by Crippen LogP contribution is -2.11. The van der Waals surface area contributed by atoms with Crippen LogP contribution in [0.3, 0.4) is 0 Å². The van der Waals surface area contributed by atoms with Crippen molar-refractivity contribution in [1.29, 1.82) is 0 Å². The van der Waals surface area contributed by atoms with Gasteiger partial charge >= 0.3 is 0 Å². The number of rotatable bonds is 4. The second-order valence-electron chi connectivity index (χ2n) is 4.11. The van der Waals surface area contributed by atoms with E-state index in [1.807, 2.05) is 0 Å². The minimum atomic E-state index is 0. The molecule has 1 aromatic carbocycles. The van der Waals surface area contributed by atoms with Crippen LogP contribution in [-0.4, -0.2) is 0 Å². The Hall–Kier alpha value is -0.530. The Kier molecular flexibility index (Phi) is 6.62. The molecular formula is C13H22ClN. The highest BCUT2D eigenvalue weighted by atomic mass is 35.5. The third-order valence-corrected chi connectivity index (χ3v) is 2.69. The van der Waals surface area contributed by atoms with Crippen LogP contribution in [0.4, 0.5) is 0 Å². The van der Waals surface area contributed by atoms with Gasteiger partial charge in [-0.05, 0) is 31.4 Å². The van der Waals surface area contributed by atoms with Gasteiger partial charge in [0.1, 0.15) is 0 Å². The normalized spacial score (nSPS) is 12.0. The number of hydrogen-bond donors (Lipinski definition) is 1. The van der Waals surface area contributed by atoms with E-state index in [0.29, 0.717) is 0 Å². The van der Waals surface area contributed by atoms with Crippen LogP contribution in [0.15, 0.2) is 18.2 Å². The van der Waals surface area contributed by atoms with Gasteiger partial charge in [-0.2, -0.15) is 0 Å². The van der Waals surface area contributed by atoms with E-state index in [1.165, 1.54) is 29.5 Å². The summed E-state index contributed by atoms with van der Waals surface area (Å²) in [4.78, 5) is 0. The van der Waals surface area contributed by atoms with Crippen molar-refractivity contribution in [3.8, 4) is 0 Å². The summed E-state index contributed by atoms with van der Waals surface area (Å²) in [6.07, 6.45) is 3.54. The van der Waals surface area contributed by atoms with E-state index in [0.717, 1.165) is 6.42 Å². The Labute approximate surface area is 99.5 Å². The maximum Gasteiger partial charge on any atom is 0.0297 e. The number of unbranched alkanes of at least 4 members (excludes halogenated alkanes) is 1. The second-order valence-corrected chi connectivity index (χ2v) is 4.11. The fourth-order valence-corrected chi connectivity index (χ4v) is 1.82. The van der Waals surface area contributed by atoms with Crippen molar-refractivity contribution in [2.75, 3.05) is 0 Å². The van der Waals surface area contributed by atoms with E-state index in [-0.39, 0.29) is 18.4 Å². The molecule has 0 aromatic heterocycles. The maximum absolute atomic E-state index is 6.13. The first-order valence-electron chi connectivity index (χ1n) is 5.48. The first-order chi connectivity index (χ1) is 6.65. The van der Waals surface area contributed by atoms with Crippen LogP contribution >= 0.6 is 12.4 Å². The van der Waals surface area contributed by atoms with E-state index >= 15 is 0 Å². The zero-order valence-electron chi connectivity index (χ0n) is 9.92. The molecule has 15 heavy (non-hydrogen) atoms. The van der Waals surface area contributed by atoms with E-state index in [9.17, 15) is 0 Å². The van der Waals surface area contributed by atoms with Crippen molar-refractivity contribution >= 4 is 12.4 Å². The van der Waals surface area contributed by atoms with Crippen molar-refractivity contribution in [2.24, 2.45) is 5.73 Å². The predicted molar refractivity (Wildman–Crippen MR) is 69.6 cm³/mol. The predicted octanol–water partition coefficient (Wildman–Crippen LogP) is 3.92. The molecule has 0 unspecified atom stereocenters. The summed E-state index contributed by atoms with van der Waals surface area (Å²) in [5.74, 6) is 0. The van der Waals surface area contributed by atoms with Gasteiger partial charge in [-0.3, -0.25) is 0 Å². The molecule has 0 aliphatic heterocycles. The average Bonchev–Trinajstić information content (AvgIpc) is 2.14. The largest absolute Gasteiger partial charge is 0.324 e. The van der Waals surface area contributed by atoms with Gasteiger partial charge in [0.2, 0.25) is 0 Å². The fraction of sp³-hybridized carbons (Fsp3) is 0.538. The van der Waals surface area contributed by atoms with Gasteiger partial charge in [-0.25, -0.2) is 0 Å². The lowest BCUT2D eigenvalue weighted by Gasteiger charge is -2.14. The molecule has 1 nitrogen and oxygen atoms in total. The summed E-state index contributed by atoms with van der Waals surface area (Å²) in [6, 6.07) is 6.75. The highest BCUT2D eigenvalue weighted by Crippen LogP contribution is 2.21. The summed E-state index contributed by atoms with van der Waals surface area (Å²) >= 11 is 0. The molecular weight excluding hydrogens is 206 g/mol. The van der Waals surface area contributed by atoms with Gasteiger partial charge in [-0.15, -0.1) is 12.4 Å². The second kappa shape index (κ2) is 6.86. The molecule has 0 radical (unpaired) electrons. The summed E-state index contributed by atoms with van der Waals surface area (Å²) in [5, 5.41) is 0. The minimum Gasteiger partial charge on any atom is -0.324 e. The van der Waals surface area contributed by atoms with Crippen LogP contribution in [0.25, 0.3) is 0 Å². The molecule has 0 bridgehead atoms.